The van der Waals surface area contributed by atoms with Crippen molar-refractivity contribution in [3.63, 3.8) is 0 Å². The maximum absolute atomic E-state index is 8.92. The van der Waals surface area contributed by atoms with Crippen molar-refractivity contribution in [3.8, 4) is 0 Å². The largest absolute Gasteiger partial charge is 0.392 e. The molecule has 1 aromatic heterocycles. The topological polar surface area (TPSA) is 36.4 Å². The van der Waals surface area contributed by atoms with Crippen molar-refractivity contribution in [1.82, 2.24) is 4.98 Å². The number of aromatic nitrogens is 1. The molecular formula is C9H14N2O. The van der Waals surface area contributed by atoms with Crippen LogP contribution >= 0.6 is 0 Å². The lowest BCUT2D eigenvalue weighted by molar-refractivity contribution is 0.281. The fourth-order valence-electron chi connectivity index (χ4n) is 1.04. The van der Waals surface area contributed by atoms with E-state index in [0.29, 0.717) is 0 Å². The molecule has 1 heterocycles. The molecule has 66 valence electrons. The molecule has 0 saturated carbocycles. The summed E-state index contributed by atoms with van der Waals surface area (Å²) in [5.74, 6) is 0.888. The van der Waals surface area contributed by atoms with E-state index in [1.807, 2.05) is 38.1 Å². The standard InChI is InChI=1S/C9H14N2O/c1-7-4-8(6-12)5-9(10-7)11(2)3/h4-5,12H,6H2,1-3H3. The molecule has 3 nitrogen and oxygen atoms in total. The van der Waals surface area contributed by atoms with Gasteiger partial charge in [-0.2, -0.15) is 0 Å². The lowest BCUT2D eigenvalue weighted by Gasteiger charge is -2.12. The normalized spacial score (nSPS) is 10.0. The van der Waals surface area contributed by atoms with Gasteiger partial charge in [0.15, 0.2) is 0 Å². The van der Waals surface area contributed by atoms with Gasteiger partial charge in [-0.25, -0.2) is 4.98 Å². The number of pyridine rings is 1. The smallest absolute Gasteiger partial charge is 0.128 e. The highest BCUT2D eigenvalue weighted by atomic mass is 16.3. The molecule has 0 saturated heterocycles. The van der Waals surface area contributed by atoms with E-state index in [0.717, 1.165) is 17.1 Å². The van der Waals surface area contributed by atoms with Crippen LogP contribution in [0.1, 0.15) is 11.3 Å². The zero-order valence-electron chi connectivity index (χ0n) is 7.70. The highest BCUT2D eigenvalue weighted by Crippen LogP contribution is 2.11. The monoisotopic (exact) mass is 166 g/mol. The molecule has 0 radical (unpaired) electrons. The second kappa shape index (κ2) is 3.54. The third-order valence-corrected chi connectivity index (χ3v) is 1.64. The van der Waals surface area contributed by atoms with Gasteiger partial charge in [0.2, 0.25) is 0 Å². The molecule has 0 atom stereocenters. The Kier molecular flexibility index (Phi) is 2.65. The molecule has 1 aromatic rings. The van der Waals surface area contributed by atoms with Crippen molar-refractivity contribution < 1.29 is 5.11 Å². The molecule has 0 aromatic carbocycles. The lowest BCUT2D eigenvalue weighted by atomic mass is 10.2. The molecule has 3 heteroatoms. The van der Waals surface area contributed by atoms with Gasteiger partial charge in [-0.15, -0.1) is 0 Å². The Balaban J connectivity index is 3.06. The van der Waals surface area contributed by atoms with Gasteiger partial charge in [0.1, 0.15) is 5.82 Å². The highest BCUT2D eigenvalue weighted by Gasteiger charge is 2.00. The molecule has 1 rings (SSSR count). The van der Waals surface area contributed by atoms with Crippen LogP contribution in [0.5, 0.6) is 0 Å². The fourth-order valence-corrected chi connectivity index (χ4v) is 1.04. The first-order valence-electron chi connectivity index (χ1n) is 3.89. The number of anilines is 1. The van der Waals surface area contributed by atoms with Gasteiger partial charge in [-0.05, 0) is 24.6 Å². The number of rotatable bonds is 2. The third kappa shape index (κ3) is 1.95. The van der Waals surface area contributed by atoms with Gasteiger partial charge >= 0.3 is 0 Å². The molecule has 0 spiro atoms. The van der Waals surface area contributed by atoms with Crippen LogP contribution in [0.15, 0.2) is 12.1 Å². The zero-order valence-corrected chi connectivity index (χ0v) is 7.70. The molecule has 0 bridgehead atoms. The van der Waals surface area contributed by atoms with Gasteiger partial charge < -0.3 is 10.0 Å². The molecule has 12 heavy (non-hydrogen) atoms. The number of aryl methyl sites for hydroxylation is 1. The van der Waals surface area contributed by atoms with Crippen molar-refractivity contribution in [1.29, 1.82) is 0 Å². The SMILES string of the molecule is Cc1cc(CO)cc(N(C)C)n1. The van der Waals surface area contributed by atoms with Gasteiger partial charge in [0.25, 0.3) is 0 Å². The van der Waals surface area contributed by atoms with Crippen LogP contribution in [0.3, 0.4) is 0 Å². The van der Waals surface area contributed by atoms with E-state index in [9.17, 15) is 0 Å². The average molecular weight is 166 g/mol. The van der Waals surface area contributed by atoms with Crippen LogP contribution in [-0.2, 0) is 6.61 Å². The second-order valence-electron chi connectivity index (χ2n) is 3.03. The first kappa shape index (κ1) is 9.00. The maximum Gasteiger partial charge on any atom is 0.128 e. The lowest BCUT2D eigenvalue weighted by Crippen LogP contribution is -2.11. The highest BCUT2D eigenvalue weighted by molar-refractivity contribution is 5.40. The molecule has 0 fully saturated rings. The first-order chi connectivity index (χ1) is 5.63. The first-order valence-corrected chi connectivity index (χ1v) is 3.89. The zero-order chi connectivity index (χ0) is 9.14. The van der Waals surface area contributed by atoms with Crippen LogP contribution in [0, 0.1) is 6.92 Å². The van der Waals surface area contributed by atoms with Gasteiger partial charge in [0, 0.05) is 19.8 Å². The van der Waals surface area contributed by atoms with E-state index in [1.165, 1.54) is 0 Å². The number of hydrogen-bond donors (Lipinski definition) is 1. The minimum absolute atomic E-state index is 0.0736. The third-order valence-electron chi connectivity index (χ3n) is 1.64. The summed E-state index contributed by atoms with van der Waals surface area (Å²) in [6.45, 7) is 2.00. The van der Waals surface area contributed by atoms with Gasteiger partial charge in [-0.3, -0.25) is 0 Å². The summed E-state index contributed by atoms with van der Waals surface area (Å²) in [5, 5.41) is 8.92. The number of aliphatic hydroxyl groups is 1. The van der Waals surface area contributed by atoms with Crippen molar-refractivity contribution in [2.75, 3.05) is 19.0 Å². The maximum atomic E-state index is 8.92. The van der Waals surface area contributed by atoms with Crippen LogP contribution in [-0.4, -0.2) is 24.2 Å². The summed E-state index contributed by atoms with van der Waals surface area (Å²) in [7, 11) is 3.87. The Morgan fingerprint density at radius 1 is 1.42 bits per heavy atom. The van der Waals surface area contributed by atoms with Crippen molar-refractivity contribution in [2.24, 2.45) is 0 Å². The summed E-state index contributed by atoms with van der Waals surface area (Å²) in [6, 6.07) is 3.76. The molecule has 0 unspecified atom stereocenters. The summed E-state index contributed by atoms with van der Waals surface area (Å²) in [6.07, 6.45) is 0. The van der Waals surface area contributed by atoms with Crippen LogP contribution < -0.4 is 4.90 Å². The molecule has 0 amide bonds. The minimum Gasteiger partial charge on any atom is -0.392 e. The molecule has 1 N–H and O–H groups in total. The Morgan fingerprint density at radius 2 is 2.08 bits per heavy atom. The summed E-state index contributed by atoms with van der Waals surface area (Å²) in [5.41, 5.74) is 1.84. The quantitative estimate of drug-likeness (QED) is 0.710. The molecule has 0 aliphatic heterocycles. The minimum atomic E-state index is 0.0736. The van der Waals surface area contributed by atoms with Gasteiger partial charge in [-0.1, -0.05) is 0 Å². The van der Waals surface area contributed by atoms with Crippen molar-refractivity contribution in [3.05, 3.63) is 23.4 Å². The predicted octanol–water partition coefficient (Wildman–Crippen LogP) is 0.948. The van der Waals surface area contributed by atoms with Crippen molar-refractivity contribution >= 4 is 5.82 Å². The van der Waals surface area contributed by atoms with Crippen LogP contribution in [0.4, 0.5) is 5.82 Å². The summed E-state index contributed by atoms with van der Waals surface area (Å²) < 4.78 is 0. The van der Waals surface area contributed by atoms with E-state index in [-0.39, 0.29) is 6.61 Å². The van der Waals surface area contributed by atoms with E-state index >= 15 is 0 Å². The van der Waals surface area contributed by atoms with E-state index < -0.39 is 0 Å². The van der Waals surface area contributed by atoms with E-state index in [4.69, 9.17) is 5.11 Å². The van der Waals surface area contributed by atoms with Gasteiger partial charge in [0.05, 0.1) is 6.61 Å². The van der Waals surface area contributed by atoms with E-state index in [1.54, 1.807) is 0 Å². The second-order valence-corrected chi connectivity index (χ2v) is 3.03. The summed E-state index contributed by atoms with van der Waals surface area (Å²) >= 11 is 0. The average Bonchev–Trinajstić information content (AvgIpc) is 2.03. The number of nitrogens with zero attached hydrogens (tertiary/aromatic N) is 2. The molecule has 0 aliphatic carbocycles. The van der Waals surface area contributed by atoms with Crippen LogP contribution in [0.25, 0.3) is 0 Å². The summed E-state index contributed by atoms with van der Waals surface area (Å²) in [4.78, 5) is 6.22. The Bertz CT molecular complexity index is 271. The predicted molar refractivity (Wildman–Crippen MR) is 49.2 cm³/mol. The Hall–Kier alpha value is -1.09. The molecular weight excluding hydrogens is 152 g/mol. The number of aliphatic hydroxyl groups excluding tert-OH is 1. The number of hydrogen-bond acceptors (Lipinski definition) is 3. The fraction of sp³-hybridized carbons (Fsp3) is 0.444. The Morgan fingerprint density at radius 3 is 2.58 bits per heavy atom. The van der Waals surface area contributed by atoms with Crippen LogP contribution in [0.2, 0.25) is 0 Å². The Labute approximate surface area is 72.7 Å². The van der Waals surface area contributed by atoms with E-state index in [2.05, 4.69) is 4.98 Å². The van der Waals surface area contributed by atoms with Crippen molar-refractivity contribution in [2.45, 2.75) is 13.5 Å². The molecule has 0 aliphatic rings.